The molecule has 2 aromatic carbocycles. The number of benzene rings is 2. The summed E-state index contributed by atoms with van der Waals surface area (Å²) in [6.07, 6.45) is 0. The van der Waals surface area contributed by atoms with Crippen LogP contribution in [0.1, 0.15) is 5.56 Å². The average molecular weight is 228 g/mol. The highest BCUT2D eigenvalue weighted by Gasteiger charge is 2.13. The lowest BCUT2D eigenvalue weighted by molar-refractivity contribution is 0.174. The smallest absolute Gasteiger partial charge is 0.231 e. The average Bonchev–Trinajstić information content (AvgIpc) is 2.79. The van der Waals surface area contributed by atoms with E-state index in [0.29, 0.717) is 5.75 Å². The largest absolute Gasteiger partial charge is 0.508 e. The maximum Gasteiger partial charge on any atom is 0.231 e. The molecule has 1 heterocycles. The van der Waals surface area contributed by atoms with Gasteiger partial charge in [-0.05, 0) is 41.8 Å². The molecular weight excluding hydrogens is 216 g/mol. The third kappa shape index (κ3) is 1.69. The van der Waals surface area contributed by atoms with E-state index in [1.807, 2.05) is 37.3 Å². The Hall–Kier alpha value is -2.16. The topological polar surface area (TPSA) is 38.7 Å². The number of hydrogen-bond acceptors (Lipinski definition) is 3. The summed E-state index contributed by atoms with van der Waals surface area (Å²) >= 11 is 0. The van der Waals surface area contributed by atoms with Gasteiger partial charge in [-0.25, -0.2) is 0 Å². The fourth-order valence-corrected chi connectivity index (χ4v) is 1.87. The number of rotatable bonds is 1. The minimum Gasteiger partial charge on any atom is -0.508 e. The molecule has 17 heavy (non-hydrogen) atoms. The standard InChI is InChI=1S/C14H12O3/c1-9-2-3-10(6-12(9)15)11-4-5-13-14(7-11)17-8-16-13/h2-7,15H,8H2,1H3. The predicted molar refractivity (Wildman–Crippen MR) is 64.4 cm³/mol. The Labute approximate surface area is 99.2 Å². The van der Waals surface area contributed by atoms with Gasteiger partial charge in [0, 0.05) is 0 Å². The van der Waals surface area contributed by atoms with Crippen molar-refractivity contribution in [3.8, 4) is 28.4 Å². The lowest BCUT2D eigenvalue weighted by Crippen LogP contribution is -1.92. The van der Waals surface area contributed by atoms with Crippen molar-refractivity contribution in [3.63, 3.8) is 0 Å². The summed E-state index contributed by atoms with van der Waals surface area (Å²) in [5, 5.41) is 9.70. The lowest BCUT2D eigenvalue weighted by atomic mass is 10.0. The van der Waals surface area contributed by atoms with Gasteiger partial charge in [0.05, 0.1) is 0 Å². The van der Waals surface area contributed by atoms with Crippen molar-refractivity contribution >= 4 is 0 Å². The van der Waals surface area contributed by atoms with Crippen molar-refractivity contribution in [1.29, 1.82) is 0 Å². The molecule has 3 heteroatoms. The van der Waals surface area contributed by atoms with Gasteiger partial charge in [0.2, 0.25) is 6.79 Å². The number of phenols is 1. The molecule has 0 fully saturated rings. The maximum absolute atomic E-state index is 9.70. The fourth-order valence-electron chi connectivity index (χ4n) is 1.87. The summed E-state index contributed by atoms with van der Waals surface area (Å²) in [5.41, 5.74) is 2.84. The van der Waals surface area contributed by atoms with Gasteiger partial charge in [-0.15, -0.1) is 0 Å². The number of hydrogen-bond donors (Lipinski definition) is 1. The van der Waals surface area contributed by atoms with Crippen LogP contribution in [-0.4, -0.2) is 11.9 Å². The first kappa shape index (κ1) is 10.0. The summed E-state index contributed by atoms with van der Waals surface area (Å²) < 4.78 is 10.6. The van der Waals surface area contributed by atoms with E-state index in [4.69, 9.17) is 9.47 Å². The van der Waals surface area contributed by atoms with Gasteiger partial charge < -0.3 is 14.6 Å². The molecule has 3 nitrogen and oxygen atoms in total. The molecule has 0 saturated heterocycles. The van der Waals surface area contributed by atoms with E-state index in [2.05, 4.69) is 0 Å². The highest BCUT2D eigenvalue weighted by Crippen LogP contribution is 2.36. The monoisotopic (exact) mass is 228 g/mol. The minimum atomic E-state index is 0.276. The van der Waals surface area contributed by atoms with E-state index in [0.717, 1.165) is 28.2 Å². The molecule has 0 unspecified atom stereocenters. The third-order valence-corrected chi connectivity index (χ3v) is 2.92. The van der Waals surface area contributed by atoms with Crippen molar-refractivity contribution in [2.24, 2.45) is 0 Å². The first-order valence-corrected chi connectivity index (χ1v) is 5.44. The molecule has 0 aromatic heterocycles. The van der Waals surface area contributed by atoms with Crippen molar-refractivity contribution in [2.45, 2.75) is 6.92 Å². The summed E-state index contributed by atoms with van der Waals surface area (Å²) in [6.45, 7) is 2.15. The van der Waals surface area contributed by atoms with Crippen molar-refractivity contribution in [3.05, 3.63) is 42.0 Å². The van der Waals surface area contributed by atoms with Crippen LogP contribution in [0.3, 0.4) is 0 Å². The molecule has 1 aliphatic rings. The van der Waals surface area contributed by atoms with Crippen LogP contribution in [-0.2, 0) is 0 Å². The quantitative estimate of drug-likeness (QED) is 0.815. The highest BCUT2D eigenvalue weighted by molar-refractivity contribution is 5.69. The maximum atomic E-state index is 9.70. The van der Waals surface area contributed by atoms with E-state index >= 15 is 0 Å². The molecule has 0 saturated carbocycles. The Morgan fingerprint density at radius 1 is 0.941 bits per heavy atom. The molecule has 86 valence electrons. The fraction of sp³-hybridized carbons (Fsp3) is 0.143. The zero-order chi connectivity index (χ0) is 11.8. The Morgan fingerprint density at radius 2 is 1.65 bits per heavy atom. The van der Waals surface area contributed by atoms with Crippen LogP contribution in [0, 0.1) is 6.92 Å². The van der Waals surface area contributed by atoms with Crippen LogP contribution in [0.5, 0.6) is 17.2 Å². The minimum absolute atomic E-state index is 0.276. The normalized spacial score (nSPS) is 12.8. The van der Waals surface area contributed by atoms with Crippen LogP contribution in [0.15, 0.2) is 36.4 Å². The van der Waals surface area contributed by atoms with Gasteiger partial charge >= 0.3 is 0 Å². The van der Waals surface area contributed by atoms with Crippen molar-refractivity contribution in [2.75, 3.05) is 6.79 Å². The van der Waals surface area contributed by atoms with E-state index in [9.17, 15) is 5.11 Å². The molecule has 1 N–H and O–H groups in total. The number of phenolic OH excluding ortho intramolecular Hbond substituents is 1. The Bertz CT molecular complexity index is 576. The molecule has 0 radical (unpaired) electrons. The Kier molecular flexibility index (Phi) is 2.18. The number of ether oxygens (including phenoxy) is 2. The van der Waals surface area contributed by atoms with Gasteiger partial charge in [-0.2, -0.15) is 0 Å². The second-order valence-corrected chi connectivity index (χ2v) is 4.07. The first-order valence-electron chi connectivity index (χ1n) is 5.44. The molecular formula is C14H12O3. The van der Waals surface area contributed by atoms with E-state index in [1.165, 1.54) is 0 Å². The van der Waals surface area contributed by atoms with Crippen molar-refractivity contribution in [1.82, 2.24) is 0 Å². The third-order valence-electron chi connectivity index (χ3n) is 2.92. The predicted octanol–water partition coefficient (Wildman–Crippen LogP) is 3.10. The first-order chi connectivity index (χ1) is 8.24. The van der Waals surface area contributed by atoms with Crippen LogP contribution in [0.4, 0.5) is 0 Å². The zero-order valence-corrected chi connectivity index (χ0v) is 9.43. The summed E-state index contributed by atoms with van der Waals surface area (Å²) in [4.78, 5) is 0. The molecule has 0 spiro atoms. The van der Waals surface area contributed by atoms with Gasteiger partial charge in [-0.3, -0.25) is 0 Å². The Morgan fingerprint density at radius 3 is 2.47 bits per heavy atom. The molecule has 1 aliphatic heterocycles. The second kappa shape index (κ2) is 3.70. The summed E-state index contributed by atoms with van der Waals surface area (Å²) in [5.74, 6) is 1.83. The lowest BCUT2D eigenvalue weighted by Gasteiger charge is -2.05. The van der Waals surface area contributed by atoms with Crippen LogP contribution in [0.2, 0.25) is 0 Å². The highest BCUT2D eigenvalue weighted by atomic mass is 16.7. The second-order valence-electron chi connectivity index (χ2n) is 4.07. The van der Waals surface area contributed by atoms with E-state index in [1.54, 1.807) is 6.07 Å². The molecule has 0 aliphatic carbocycles. The van der Waals surface area contributed by atoms with Crippen LogP contribution < -0.4 is 9.47 Å². The van der Waals surface area contributed by atoms with Crippen molar-refractivity contribution < 1.29 is 14.6 Å². The van der Waals surface area contributed by atoms with Crippen LogP contribution >= 0.6 is 0 Å². The summed E-state index contributed by atoms with van der Waals surface area (Å²) in [6, 6.07) is 11.4. The molecule has 0 amide bonds. The Balaban J connectivity index is 2.06. The van der Waals surface area contributed by atoms with E-state index < -0.39 is 0 Å². The zero-order valence-electron chi connectivity index (χ0n) is 9.43. The molecule has 2 aromatic rings. The summed E-state index contributed by atoms with van der Waals surface area (Å²) in [7, 11) is 0. The van der Waals surface area contributed by atoms with E-state index in [-0.39, 0.29) is 6.79 Å². The number of aromatic hydroxyl groups is 1. The van der Waals surface area contributed by atoms with Gasteiger partial charge in [-0.1, -0.05) is 18.2 Å². The molecule has 0 atom stereocenters. The van der Waals surface area contributed by atoms with Crippen LogP contribution in [0.25, 0.3) is 11.1 Å². The van der Waals surface area contributed by atoms with Gasteiger partial charge in [0.25, 0.3) is 0 Å². The number of aryl methyl sites for hydroxylation is 1. The van der Waals surface area contributed by atoms with Gasteiger partial charge in [0.1, 0.15) is 5.75 Å². The molecule has 0 bridgehead atoms. The molecule has 3 rings (SSSR count). The number of fused-ring (bicyclic) bond motifs is 1. The SMILES string of the molecule is Cc1ccc(-c2ccc3c(c2)OCO3)cc1O. The van der Waals surface area contributed by atoms with Gasteiger partial charge in [0.15, 0.2) is 11.5 Å².